The average Bonchev–Trinajstić information content (AvgIpc) is 2.89. The monoisotopic (exact) mass is 316 g/mol. The van der Waals surface area contributed by atoms with E-state index in [1.807, 2.05) is 5.38 Å². The van der Waals surface area contributed by atoms with E-state index < -0.39 is 0 Å². The Hall–Kier alpha value is -0.620. The maximum Gasteiger partial charge on any atom is 0.262 e. The molecule has 1 atom stereocenters. The molecular weight excluding hydrogens is 296 g/mol. The van der Waals surface area contributed by atoms with Gasteiger partial charge in [-0.1, -0.05) is 11.6 Å². The smallest absolute Gasteiger partial charge is 0.262 e. The number of methoxy groups -OCH3 is 1. The van der Waals surface area contributed by atoms with Gasteiger partial charge in [-0.05, 0) is 36.8 Å². The lowest BCUT2D eigenvalue weighted by molar-refractivity contribution is 0.0917. The van der Waals surface area contributed by atoms with Crippen LogP contribution in [0.3, 0.4) is 0 Å². The van der Waals surface area contributed by atoms with E-state index in [0.717, 1.165) is 32.8 Å². The summed E-state index contributed by atoms with van der Waals surface area (Å²) >= 11 is 7.35. The Morgan fingerprint density at radius 2 is 2.50 bits per heavy atom. The fourth-order valence-electron chi connectivity index (χ4n) is 2.51. The highest BCUT2D eigenvalue weighted by Gasteiger charge is 2.21. The normalized spacial score (nSPS) is 20.0. The van der Waals surface area contributed by atoms with Crippen molar-refractivity contribution in [3.8, 4) is 0 Å². The summed E-state index contributed by atoms with van der Waals surface area (Å²) in [5, 5.41) is 5.38. The van der Waals surface area contributed by atoms with Gasteiger partial charge in [0, 0.05) is 26.7 Å². The van der Waals surface area contributed by atoms with E-state index in [-0.39, 0.29) is 5.91 Å². The summed E-state index contributed by atoms with van der Waals surface area (Å²) in [6.45, 7) is 4.62. The maximum absolute atomic E-state index is 12.0. The van der Waals surface area contributed by atoms with Gasteiger partial charge in [0.25, 0.3) is 5.91 Å². The number of ether oxygens (including phenoxy) is 1. The highest BCUT2D eigenvalue weighted by Crippen LogP contribution is 2.22. The van der Waals surface area contributed by atoms with Gasteiger partial charge in [-0.3, -0.25) is 4.79 Å². The Balaban J connectivity index is 1.76. The molecule has 0 aliphatic carbocycles. The minimum Gasteiger partial charge on any atom is -0.383 e. The lowest BCUT2D eigenvalue weighted by Crippen LogP contribution is -2.42. The molecule has 1 fully saturated rings. The summed E-state index contributed by atoms with van der Waals surface area (Å²) in [7, 11) is 1.73. The van der Waals surface area contributed by atoms with Crippen LogP contribution in [0.25, 0.3) is 0 Å². The first-order chi connectivity index (χ1) is 9.70. The molecule has 1 amide bonds. The van der Waals surface area contributed by atoms with E-state index in [0.29, 0.717) is 15.8 Å². The Morgan fingerprint density at radius 3 is 3.20 bits per heavy atom. The number of nitrogens with zero attached hydrogens (tertiary/aromatic N) is 1. The highest BCUT2D eigenvalue weighted by molar-refractivity contribution is 7.12. The second-order valence-corrected chi connectivity index (χ2v) is 6.43. The van der Waals surface area contributed by atoms with Crippen molar-refractivity contribution in [2.24, 2.45) is 5.92 Å². The SMILES string of the molecule is COCCN1CCCC(CNC(=O)c2sccc2Cl)C1. The highest BCUT2D eigenvalue weighted by atomic mass is 35.5. The fourth-order valence-corrected chi connectivity index (χ4v) is 3.57. The van der Waals surface area contributed by atoms with Crippen LogP contribution in [-0.4, -0.2) is 50.7 Å². The molecule has 1 aliphatic heterocycles. The van der Waals surface area contributed by atoms with Gasteiger partial charge >= 0.3 is 0 Å². The Kier molecular flexibility index (Phi) is 6.29. The first kappa shape index (κ1) is 15.8. The van der Waals surface area contributed by atoms with Crippen LogP contribution < -0.4 is 5.32 Å². The first-order valence-electron chi connectivity index (χ1n) is 6.93. The molecule has 0 bridgehead atoms. The molecule has 2 heterocycles. The predicted molar refractivity (Wildman–Crippen MR) is 82.7 cm³/mol. The number of hydrogen-bond acceptors (Lipinski definition) is 4. The molecule has 0 aromatic carbocycles. The largest absolute Gasteiger partial charge is 0.383 e. The van der Waals surface area contributed by atoms with Crippen molar-refractivity contribution < 1.29 is 9.53 Å². The lowest BCUT2D eigenvalue weighted by atomic mass is 9.98. The standard InChI is InChI=1S/C14H21ClN2O2S/c1-19-7-6-17-5-2-3-11(10-17)9-16-14(18)13-12(15)4-8-20-13/h4,8,11H,2-3,5-7,9-10H2,1H3,(H,16,18). The van der Waals surface area contributed by atoms with Gasteiger partial charge in [0.15, 0.2) is 0 Å². The van der Waals surface area contributed by atoms with Crippen LogP contribution in [0.15, 0.2) is 11.4 Å². The second kappa shape index (κ2) is 7.98. The van der Waals surface area contributed by atoms with Gasteiger partial charge in [0.05, 0.1) is 11.6 Å². The minimum absolute atomic E-state index is 0.0565. The average molecular weight is 317 g/mol. The van der Waals surface area contributed by atoms with Crippen LogP contribution in [0.2, 0.25) is 5.02 Å². The molecule has 1 N–H and O–H groups in total. The van der Waals surface area contributed by atoms with Crippen LogP contribution in [0, 0.1) is 5.92 Å². The summed E-state index contributed by atoms with van der Waals surface area (Å²) < 4.78 is 5.12. The molecule has 2 rings (SSSR count). The second-order valence-electron chi connectivity index (χ2n) is 5.11. The number of carbonyl (C=O) groups excluding carboxylic acids is 1. The zero-order valence-electron chi connectivity index (χ0n) is 11.7. The van der Waals surface area contributed by atoms with Crippen molar-refractivity contribution >= 4 is 28.8 Å². The molecule has 1 unspecified atom stereocenters. The van der Waals surface area contributed by atoms with Gasteiger partial charge in [-0.15, -0.1) is 11.3 Å². The third kappa shape index (κ3) is 4.45. The fraction of sp³-hybridized carbons (Fsp3) is 0.643. The van der Waals surface area contributed by atoms with E-state index in [2.05, 4.69) is 10.2 Å². The van der Waals surface area contributed by atoms with E-state index in [1.165, 1.54) is 24.2 Å². The summed E-state index contributed by atoms with van der Waals surface area (Å²) in [5.41, 5.74) is 0. The summed E-state index contributed by atoms with van der Waals surface area (Å²) in [6, 6.07) is 1.76. The number of halogens is 1. The van der Waals surface area contributed by atoms with Crippen molar-refractivity contribution in [1.29, 1.82) is 0 Å². The molecule has 0 spiro atoms. The third-order valence-electron chi connectivity index (χ3n) is 3.59. The number of amides is 1. The zero-order valence-corrected chi connectivity index (χ0v) is 13.3. The molecule has 4 nitrogen and oxygen atoms in total. The Bertz CT molecular complexity index is 439. The summed E-state index contributed by atoms with van der Waals surface area (Å²) in [6.07, 6.45) is 2.35. The molecule has 1 aliphatic rings. The predicted octanol–water partition coefficient (Wildman–Crippen LogP) is 2.49. The first-order valence-corrected chi connectivity index (χ1v) is 8.19. The minimum atomic E-state index is -0.0565. The van der Waals surface area contributed by atoms with E-state index >= 15 is 0 Å². The number of nitrogens with one attached hydrogen (secondary N) is 1. The van der Waals surface area contributed by atoms with Gasteiger partial charge in [-0.25, -0.2) is 0 Å². The third-order valence-corrected chi connectivity index (χ3v) is 4.93. The molecule has 6 heteroatoms. The Morgan fingerprint density at radius 1 is 1.65 bits per heavy atom. The molecular formula is C14H21ClN2O2S. The summed E-state index contributed by atoms with van der Waals surface area (Å²) in [4.78, 5) is 15.0. The van der Waals surface area contributed by atoms with Crippen molar-refractivity contribution in [1.82, 2.24) is 10.2 Å². The molecule has 112 valence electrons. The number of hydrogen-bond donors (Lipinski definition) is 1. The molecule has 20 heavy (non-hydrogen) atoms. The molecule has 1 aromatic heterocycles. The number of likely N-dealkylation sites (tertiary alicyclic amines) is 1. The Labute approximate surface area is 129 Å². The number of thiophene rings is 1. The van der Waals surface area contributed by atoms with Crippen molar-refractivity contribution in [2.45, 2.75) is 12.8 Å². The van der Waals surface area contributed by atoms with Crippen LogP contribution >= 0.6 is 22.9 Å². The van der Waals surface area contributed by atoms with Crippen LogP contribution in [-0.2, 0) is 4.74 Å². The number of rotatable bonds is 6. The quantitative estimate of drug-likeness (QED) is 0.876. The van der Waals surface area contributed by atoms with Gasteiger partial charge in [0.1, 0.15) is 4.88 Å². The topological polar surface area (TPSA) is 41.6 Å². The van der Waals surface area contributed by atoms with Crippen molar-refractivity contribution in [3.63, 3.8) is 0 Å². The molecule has 0 radical (unpaired) electrons. The van der Waals surface area contributed by atoms with E-state index in [4.69, 9.17) is 16.3 Å². The maximum atomic E-state index is 12.0. The lowest BCUT2D eigenvalue weighted by Gasteiger charge is -2.32. The molecule has 1 saturated heterocycles. The van der Waals surface area contributed by atoms with Crippen LogP contribution in [0.5, 0.6) is 0 Å². The summed E-state index contributed by atoms with van der Waals surface area (Å²) in [5.74, 6) is 0.460. The van der Waals surface area contributed by atoms with Gasteiger partial charge in [0.2, 0.25) is 0 Å². The van der Waals surface area contributed by atoms with Gasteiger partial charge in [-0.2, -0.15) is 0 Å². The van der Waals surface area contributed by atoms with Crippen LogP contribution in [0.4, 0.5) is 0 Å². The number of carbonyl (C=O) groups is 1. The van der Waals surface area contributed by atoms with Crippen molar-refractivity contribution in [3.05, 3.63) is 21.3 Å². The van der Waals surface area contributed by atoms with Crippen LogP contribution in [0.1, 0.15) is 22.5 Å². The molecule has 1 aromatic rings. The number of piperidine rings is 1. The molecule has 0 saturated carbocycles. The van der Waals surface area contributed by atoms with Gasteiger partial charge < -0.3 is 15.0 Å². The zero-order chi connectivity index (χ0) is 14.4. The van der Waals surface area contributed by atoms with Crippen molar-refractivity contribution in [2.75, 3.05) is 39.9 Å². The van der Waals surface area contributed by atoms with E-state index in [1.54, 1.807) is 13.2 Å². The van der Waals surface area contributed by atoms with E-state index in [9.17, 15) is 4.79 Å².